The van der Waals surface area contributed by atoms with E-state index in [0.29, 0.717) is 18.5 Å². The summed E-state index contributed by atoms with van der Waals surface area (Å²) in [6, 6.07) is 0. The lowest BCUT2D eigenvalue weighted by molar-refractivity contribution is -0.128. The second-order valence-corrected chi connectivity index (χ2v) is 2.46. The molecule has 1 aliphatic heterocycles. The van der Waals surface area contributed by atoms with Crippen LogP contribution >= 0.6 is 0 Å². The molecule has 0 aliphatic carbocycles. The van der Waals surface area contributed by atoms with E-state index in [4.69, 9.17) is 9.84 Å². The van der Waals surface area contributed by atoms with Gasteiger partial charge in [-0.2, -0.15) is 0 Å². The van der Waals surface area contributed by atoms with Gasteiger partial charge in [0.05, 0.1) is 12.4 Å². The van der Waals surface area contributed by atoms with E-state index in [0.717, 1.165) is 0 Å². The van der Waals surface area contributed by atoms with Crippen molar-refractivity contribution in [2.45, 2.75) is 18.9 Å². The fourth-order valence-electron chi connectivity index (χ4n) is 0.927. The Morgan fingerprint density at radius 1 is 2.00 bits per heavy atom. The van der Waals surface area contributed by atoms with E-state index in [1.54, 1.807) is 13.0 Å². The van der Waals surface area contributed by atoms with Gasteiger partial charge >= 0.3 is 0 Å². The first kappa shape index (κ1) is 7.28. The van der Waals surface area contributed by atoms with Gasteiger partial charge in [0.2, 0.25) is 0 Å². The maximum Gasteiger partial charge on any atom is 0.189 e. The lowest BCUT2D eigenvalue weighted by atomic mass is 10.1. The van der Waals surface area contributed by atoms with E-state index in [-0.39, 0.29) is 6.61 Å². The molecule has 10 heavy (non-hydrogen) atoms. The molecule has 1 aliphatic rings. The third-order valence-electron chi connectivity index (χ3n) is 1.58. The zero-order valence-electron chi connectivity index (χ0n) is 5.83. The van der Waals surface area contributed by atoms with Gasteiger partial charge in [-0.1, -0.05) is 0 Å². The summed E-state index contributed by atoms with van der Waals surface area (Å²) in [4.78, 5) is 10.4. The molecule has 0 fully saturated rings. The zero-order chi connectivity index (χ0) is 7.61. The molecule has 1 heterocycles. The van der Waals surface area contributed by atoms with E-state index >= 15 is 0 Å². The summed E-state index contributed by atoms with van der Waals surface area (Å²) in [5.41, 5.74) is -0.968. The number of allylic oxidation sites excluding steroid dienone is 1. The molecule has 1 N–H and O–H groups in total. The monoisotopic (exact) mass is 142 g/mol. The van der Waals surface area contributed by atoms with Gasteiger partial charge in [0.1, 0.15) is 0 Å². The SMILES string of the molecule is CC1=CCC(C=O)(CO)O1. The maximum absolute atomic E-state index is 10.4. The van der Waals surface area contributed by atoms with E-state index in [1.165, 1.54) is 0 Å². The Labute approximate surface area is 59.3 Å². The molecule has 0 saturated carbocycles. The van der Waals surface area contributed by atoms with Gasteiger partial charge in [0.25, 0.3) is 0 Å². The van der Waals surface area contributed by atoms with Crippen molar-refractivity contribution in [1.29, 1.82) is 0 Å². The summed E-state index contributed by atoms with van der Waals surface area (Å²) < 4.78 is 5.09. The maximum atomic E-state index is 10.4. The molecule has 3 heteroatoms. The van der Waals surface area contributed by atoms with Crippen LogP contribution in [-0.2, 0) is 9.53 Å². The molecule has 0 spiro atoms. The van der Waals surface area contributed by atoms with E-state index in [2.05, 4.69) is 0 Å². The van der Waals surface area contributed by atoms with Gasteiger partial charge in [0, 0.05) is 6.42 Å². The average Bonchev–Trinajstić information content (AvgIpc) is 2.33. The normalized spacial score (nSPS) is 31.2. The molecule has 0 aromatic rings. The predicted octanol–water partition coefficient (Wildman–Crippen LogP) is 0.240. The highest BCUT2D eigenvalue weighted by molar-refractivity contribution is 5.64. The molecule has 0 amide bonds. The molecule has 3 nitrogen and oxygen atoms in total. The second kappa shape index (κ2) is 2.42. The number of rotatable bonds is 2. The first-order valence-electron chi connectivity index (χ1n) is 3.15. The smallest absolute Gasteiger partial charge is 0.189 e. The number of carbonyl (C=O) groups excluding carboxylic acids is 1. The quantitative estimate of drug-likeness (QED) is 0.562. The first-order chi connectivity index (χ1) is 4.72. The van der Waals surface area contributed by atoms with Crippen LogP contribution in [0.3, 0.4) is 0 Å². The second-order valence-electron chi connectivity index (χ2n) is 2.46. The van der Waals surface area contributed by atoms with Crippen LogP contribution in [0, 0.1) is 0 Å². The minimum absolute atomic E-state index is 0.246. The Kier molecular flexibility index (Phi) is 1.76. The molecule has 1 atom stereocenters. The molecule has 0 aromatic carbocycles. The number of hydrogen-bond acceptors (Lipinski definition) is 3. The van der Waals surface area contributed by atoms with Gasteiger partial charge in [-0.3, -0.25) is 4.79 Å². The lowest BCUT2D eigenvalue weighted by Crippen LogP contribution is -2.34. The Bertz CT molecular complexity index is 174. The Morgan fingerprint density at radius 2 is 2.70 bits per heavy atom. The van der Waals surface area contributed by atoms with Gasteiger partial charge in [0.15, 0.2) is 11.9 Å². The third-order valence-corrected chi connectivity index (χ3v) is 1.58. The highest BCUT2D eigenvalue weighted by atomic mass is 16.5. The largest absolute Gasteiger partial charge is 0.482 e. The standard InChI is InChI=1S/C7H10O3/c1-6-2-3-7(4-8,5-9)10-6/h2,4,9H,3,5H2,1H3. The lowest BCUT2D eigenvalue weighted by Gasteiger charge is -2.19. The van der Waals surface area contributed by atoms with E-state index in [1.807, 2.05) is 0 Å². The van der Waals surface area contributed by atoms with Crippen molar-refractivity contribution in [3.63, 3.8) is 0 Å². The van der Waals surface area contributed by atoms with Crippen molar-refractivity contribution in [3.05, 3.63) is 11.8 Å². The van der Waals surface area contributed by atoms with Crippen LogP contribution in [0.5, 0.6) is 0 Å². The Balaban J connectivity index is 2.65. The highest BCUT2D eigenvalue weighted by Gasteiger charge is 2.34. The Hall–Kier alpha value is -0.830. The fraction of sp³-hybridized carbons (Fsp3) is 0.571. The summed E-state index contributed by atoms with van der Waals surface area (Å²) >= 11 is 0. The van der Waals surface area contributed by atoms with Crippen LogP contribution in [0.1, 0.15) is 13.3 Å². The molecule has 0 aromatic heterocycles. The molecule has 1 unspecified atom stereocenters. The minimum Gasteiger partial charge on any atom is -0.482 e. The van der Waals surface area contributed by atoms with Crippen molar-refractivity contribution < 1.29 is 14.6 Å². The van der Waals surface area contributed by atoms with Crippen LogP contribution in [0.25, 0.3) is 0 Å². The van der Waals surface area contributed by atoms with Crippen molar-refractivity contribution in [2.24, 2.45) is 0 Å². The summed E-state index contributed by atoms with van der Waals surface area (Å²) in [7, 11) is 0. The van der Waals surface area contributed by atoms with Crippen molar-refractivity contribution in [2.75, 3.05) is 6.61 Å². The van der Waals surface area contributed by atoms with Crippen LogP contribution < -0.4 is 0 Å². The van der Waals surface area contributed by atoms with E-state index < -0.39 is 5.60 Å². The molecule has 0 saturated heterocycles. The number of ether oxygens (including phenoxy) is 1. The molecule has 0 radical (unpaired) electrons. The van der Waals surface area contributed by atoms with Crippen molar-refractivity contribution in [1.82, 2.24) is 0 Å². The fourth-order valence-corrected chi connectivity index (χ4v) is 0.927. The summed E-state index contributed by atoms with van der Waals surface area (Å²) in [6.07, 6.45) is 2.93. The zero-order valence-corrected chi connectivity index (χ0v) is 5.83. The highest BCUT2D eigenvalue weighted by Crippen LogP contribution is 2.25. The number of hydrogen-bond donors (Lipinski definition) is 1. The van der Waals surface area contributed by atoms with Crippen molar-refractivity contribution in [3.8, 4) is 0 Å². The Morgan fingerprint density at radius 3 is 2.90 bits per heavy atom. The molecular weight excluding hydrogens is 132 g/mol. The third kappa shape index (κ3) is 1.04. The van der Waals surface area contributed by atoms with Crippen LogP contribution in [0.4, 0.5) is 0 Å². The number of carbonyl (C=O) groups is 1. The average molecular weight is 142 g/mol. The summed E-state index contributed by atoms with van der Waals surface area (Å²) in [5, 5.41) is 8.74. The van der Waals surface area contributed by atoms with Crippen LogP contribution in [0.15, 0.2) is 11.8 Å². The van der Waals surface area contributed by atoms with E-state index in [9.17, 15) is 4.79 Å². The minimum atomic E-state index is -0.968. The molecule has 56 valence electrons. The molecular formula is C7H10O3. The number of aliphatic hydroxyl groups excluding tert-OH is 1. The predicted molar refractivity (Wildman–Crippen MR) is 35.3 cm³/mol. The van der Waals surface area contributed by atoms with Gasteiger partial charge in [-0.15, -0.1) is 0 Å². The van der Waals surface area contributed by atoms with Gasteiger partial charge in [-0.05, 0) is 13.0 Å². The van der Waals surface area contributed by atoms with Crippen LogP contribution in [0.2, 0.25) is 0 Å². The number of aliphatic hydroxyl groups is 1. The molecule has 0 bridgehead atoms. The van der Waals surface area contributed by atoms with Crippen molar-refractivity contribution >= 4 is 6.29 Å². The number of aldehydes is 1. The summed E-state index contributed by atoms with van der Waals surface area (Å²) in [5.74, 6) is 0.709. The topological polar surface area (TPSA) is 46.5 Å². The van der Waals surface area contributed by atoms with Gasteiger partial charge in [-0.25, -0.2) is 0 Å². The summed E-state index contributed by atoms with van der Waals surface area (Å²) in [6.45, 7) is 1.52. The first-order valence-corrected chi connectivity index (χ1v) is 3.15. The van der Waals surface area contributed by atoms with Gasteiger partial charge < -0.3 is 9.84 Å². The molecule has 1 rings (SSSR count). The van der Waals surface area contributed by atoms with Crippen LogP contribution in [-0.4, -0.2) is 23.6 Å².